The highest BCUT2D eigenvalue weighted by molar-refractivity contribution is 5.80. The molecule has 0 unspecified atom stereocenters. The molecule has 1 aromatic carbocycles. The van der Waals surface area contributed by atoms with Crippen LogP contribution in [0.2, 0.25) is 0 Å². The molecule has 2 rings (SSSR count). The number of amides is 1. The SMILES string of the molecule is Cc1ccccc1CC(=O)N[C@H]1CCCCC[C@H]1C(=O)O. The first kappa shape index (κ1) is 15.5. The van der Waals surface area contributed by atoms with Crippen LogP contribution in [0.15, 0.2) is 24.3 Å². The summed E-state index contributed by atoms with van der Waals surface area (Å²) in [5, 5.41) is 12.3. The van der Waals surface area contributed by atoms with Crippen molar-refractivity contribution in [2.75, 3.05) is 0 Å². The summed E-state index contributed by atoms with van der Waals surface area (Å²) in [6.07, 6.45) is 4.70. The minimum Gasteiger partial charge on any atom is -0.481 e. The summed E-state index contributed by atoms with van der Waals surface area (Å²) in [4.78, 5) is 23.6. The van der Waals surface area contributed by atoms with Gasteiger partial charge in [0.1, 0.15) is 0 Å². The summed E-state index contributed by atoms with van der Waals surface area (Å²) in [5.74, 6) is -1.33. The maximum Gasteiger partial charge on any atom is 0.308 e. The molecule has 0 heterocycles. The van der Waals surface area contributed by atoms with Gasteiger partial charge in [0.15, 0.2) is 0 Å². The summed E-state index contributed by atoms with van der Waals surface area (Å²) >= 11 is 0. The van der Waals surface area contributed by atoms with E-state index in [0.29, 0.717) is 12.8 Å². The molecule has 2 atom stereocenters. The van der Waals surface area contributed by atoms with E-state index in [0.717, 1.165) is 36.8 Å². The molecule has 1 fully saturated rings. The van der Waals surface area contributed by atoms with Gasteiger partial charge in [-0.05, 0) is 30.9 Å². The molecule has 1 saturated carbocycles. The first-order valence-corrected chi connectivity index (χ1v) is 7.64. The van der Waals surface area contributed by atoms with E-state index >= 15 is 0 Å². The van der Waals surface area contributed by atoms with E-state index in [1.54, 1.807) is 0 Å². The van der Waals surface area contributed by atoms with E-state index in [1.165, 1.54) is 0 Å². The van der Waals surface area contributed by atoms with E-state index in [9.17, 15) is 14.7 Å². The van der Waals surface area contributed by atoms with Gasteiger partial charge in [-0.3, -0.25) is 9.59 Å². The van der Waals surface area contributed by atoms with Gasteiger partial charge in [0.2, 0.25) is 5.91 Å². The van der Waals surface area contributed by atoms with Crippen LogP contribution in [0.4, 0.5) is 0 Å². The van der Waals surface area contributed by atoms with Gasteiger partial charge in [-0.1, -0.05) is 43.5 Å². The van der Waals surface area contributed by atoms with Gasteiger partial charge < -0.3 is 10.4 Å². The average molecular weight is 289 g/mol. The third-order valence-electron chi connectivity index (χ3n) is 4.29. The van der Waals surface area contributed by atoms with Crippen molar-refractivity contribution in [3.05, 3.63) is 35.4 Å². The Hall–Kier alpha value is -1.84. The lowest BCUT2D eigenvalue weighted by molar-refractivity contribution is -0.143. The van der Waals surface area contributed by atoms with Crippen LogP contribution in [0.5, 0.6) is 0 Å². The highest BCUT2D eigenvalue weighted by atomic mass is 16.4. The van der Waals surface area contributed by atoms with Crippen molar-refractivity contribution in [2.45, 2.75) is 51.5 Å². The number of carboxylic acids is 1. The number of carbonyl (C=O) groups excluding carboxylic acids is 1. The molecular formula is C17H23NO3. The summed E-state index contributed by atoms with van der Waals surface area (Å²) in [7, 11) is 0. The van der Waals surface area contributed by atoms with Crippen LogP contribution in [-0.4, -0.2) is 23.0 Å². The van der Waals surface area contributed by atoms with Crippen LogP contribution >= 0.6 is 0 Å². The van der Waals surface area contributed by atoms with Crippen molar-refractivity contribution in [1.82, 2.24) is 5.32 Å². The fourth-order valence-corrected chi connectivity index (χ4v) is 3.02. The second kappa shape index (κ2) is 7.25. The van der Waals surface area contributed by atoms with Crippen LogP contribution in [0.1, 0.15) is 43.2 Å². The number of aryl methyl sites for hydroxylation is 1. The highest BCUT2D eigenvalue weighted by Gasteiger charge is 2.30. The van der Waals surface area contributed by atoms with Gasteiger partial charge in [-0.15, -0.1) is 0 Å². The number of carboxylic acid groups (broad SMARTS) is 1. The summed E-state index contributed by atoms with van der Waals surface area (Å²) in [6, 6.07) is 7.55. The normalized spacial score (nSPS) is 22.3. The standard InChI is InChI=1S/C17H23NO3/c1-12-7-5-6-8-13(12)11-16(19)18-15-10-4-2-3-9-14(15)17(20)21/h5-8,14-15H,2-4,9-11H2,1H3,(H,18,19)(H,20,21)/t14-,15+/m1/s1. The van der Waals surface area contributed by atoms with Crippen LogP contribution in [0.3, 0.4) is 0 Å². The molecule has 4 heteroatoms. The number of nitrogens with one attached hydrogen (secondary N) is 1. The molecule has 21 heavy (non-hydrogen) atoms. The minimum absolute atomic E-state index is 0.0811. The van der Waals surface area contributed by atoms with E-state index in [4.69, 9.17) is 0 Å². The Bertz CT molecular complexity index is 513. The molecule has 1 aliphatic carbocycles. The Morgan fingerprint density at radius 3 is 2.62 bits per heavy atom. The van der Waals surface area contributed by atoms with Gasteiger partial charge in [-0.2, -0.15) is 0 Å². The van der Waals surface area contributed by atoms with E-state index in [2.05, 4.69) is 5.32 Å². The molecule has 1 aromatic rings. The Kier molecular flexibility index (Phi) is 5.37. The van der Waals surface area contributed by atoms with Crippen molar-refractivity contribution in [3.63, 3.8) is 0 Å². The smallest absolute Gasteiger partial charge is 0.308 e. The monoisotopic (exact) mass is 289 g/mol. The Morgan fingerprint density at radius 2 is 1.90 bits per heavy atom. The number of hydrogen-bond donors (Lipinski definition) is 2. The van der Waals surface area contributed by atoms with Crippen LogP contribution in [0, 0.1) is 12.8 Å². The van der Waals surface area contributed by atoms with Crippen molar-refractivity contribution in [1.29, 1.82) is 0 Å². The van der Waals surface area contributed by atoms with Crippen molar-refractivity contribution in [3.8, 4) is 0 Å². The van der Waals surface area contributed by atoms with Gasteiger partial charge in [0, 0.05) is 6.04 Å². The molecule has 114 valence electrons. The lowest BCUT2D eigenvalue weighted by atomic mass is 9.94. The highest BCUT2D eigenvalue weighted by Crippen LogP contribution is 2.24. The molecule has 0 spiro atoms. The molecule has 0 aliphatic heterocycles. The largest absolute Gasteiger partial charge is 0.481 e. The lowest BCUT2D eigenvalue weighted by Crippen LogP contribution is -2.43. The summed E-state index contributed by atoms with van der Waals surface area (Å²) in [5.41, 5.74) is 2.08. The predicted molar refractivity (Wildman–Crippen MR) is 81.0 cm³/mol. The molecule has 1 amide bonds. The Labute approximate surface area is 125 Å². The van der Waals surface area contributed by atoms with Crippen LogP contribution < -0.4 is 5.32 Å². The van der Waals surface area contributed by atoms with E-state index in [-0.39, 0.29) is 11.9 Å². The second-order valence-corrected chi connectivity index (χ2v) is 5.86. The minimum atomic E-state index is -0.793. The summed E-state index contributed by atoms with van der Waals surface area (Å²) < 4.78 is 0. The fraction of sp³-hybridized carbons (Fsp3) is 0.529. The zero-order chi connectivity index (χ0) is 15.2. The fourth-order valence-electron chi connectivity index (χ4n) is 3.02. The molecule has 0 aromatic heterocycles. The van der Waals surface area contributed by atoms with Crippen molar-refractivity contribution < 1.29 is 14.7 Å². The first-order valence-electron chi connectivity index (χ1n) is 7.64. The van der Waals surface area contributed by atoms with Gasteiger partial charge in [0.25, 0.3) is 0 Å². The molecule has 0 radical (unpaired) electrons. The van der Waals surface area contributed by atoms with Gasteiger partial charge in [0.05, 0.1) is 12.3 Å². The maximum atomic E-state index is 12.2. The van der Waals surface area contributed by atoms with Crippen molar-refractivity contribution >= 4 is 11.9 Å². The zero-order valence-electron chi connectivity index (χ0n) is 12.5. The number of hydrogen-bond acceptors (Lipinski definition) is 2. The van der Waals surface area contributed by atoms with Gasteiger partial charge in [-0.25, -0.2) is 0 Å². The molecule has 2 N–H and O–H groups in total. The predicted octanol–water partition coefficient (Wildman–Crippen LogP) is 2.69. The van der Waals surface area contributed by atoms with Gasteiger partial charge >= 0.3 is 5.97 Å². The van der Waals surface area contributed by atoms with Crippen LogP contribution in [0.25, 0.3) is 0 Å². The van der Waals surface area contributed by atoms with E-state index in [1.807, 2.05) is 31.2 Å². The Morgan fingerprint density at radius 1 is 1.19 bits per heavy atom. The third kappa shape index (κ3) is 4.31. The average Bonchev–Trinajstić information content (AvgIpc) is 2.67. The maximum absolute atomic E-state index is 12.2. The summed E-state index contributed by atoms with van der Waals surface area (Å²) in [6.45, 7) is 1.98. The molecule has 0 saturated heterocycles. The van der Waals surface area contributed by atoms with E-state index < -0.39 is 11.9 Å². The van der Waals surface area contributed by atoms with Crippen LogP contribution in [-0.2, 0) is 16.0 Å². The Balaban J connectivity index is 2.00. The quantitative estimate of drug-likeness (QED) is 0.837. The number of benzene rings is 1. The van der Waals surface area contributed by atoms with Crippen molar-refractivity contribution in [2.24, 2.45) is 5.92 Å². The molecule has 1 aliphatic rings. The molecule has 0 bridgehead atoms. The third-order valence-corrected chi connectivity index (χ3v) is 4.29. The number of carbonyl (C=O) groups is 2. The number of aliphatic carboxylic acids is 1. The number of rotatable bonds is 4. The first-order chi connectivity index (χ1) is 10.1. The second-order valence-electron chi connectivity index (χ2n) is 5.86. The lowest BCUT2D eigenvalue weighted by Gasteiger charge is -2.23. The molecular weight excluding hydrogens is 266 g/mol. The zero-order valence-corrected chi connectivity index (χ0v) is 12.5. The molecule has 4 nitrogen and oxygen atoms in total. The topological polar surface area (TPSA) is 66.4 Å².